The molecule has 3 amide bonds. The summed E-state index contributed by atoms with van der Waals surface area (Å²) in [5, 5.41) is 2.90. The molecule has 2 heterocycles. The van der Waals surface area contributed by atoms with Crippen LogP contribution >= 0.6 is 0 Å². The molecule has 3 N–H and O–H groups in total. The number of likely N-dealkylation sites (tertiary alicyclic amines) is 1. The van der Waals surface area contributed by atoms with Crippen LogP contribution in [0.3, 0.4) is 0 Å². The molecule has 1 saturated heterocycles. The highest BCUT2D eigenvalue weighted by Gasteiger charge is 2.29. The second kappa shape index (κ2) is 6.51. The van der Waals surface area contributed by atoms with Crippen molar-refractivity contribution >= 4 is 11.9 Å². The average Bonchev–Trinajstić information content (AvgIpc) is 3.24. The topological polar surface area (TPSA) is 93.3 Å². The molecule has 1 aromatic heterocycles. The van der Waals surface area contributed by atoms with Crippen LogP contribution in [0.2, 0.25) is 0 Å². The molecular formula is C16H19N5O2. The number of benzene rings is 1. The summed E-state index contributed by atoms with van der Waals surface area (Å²) in [5.41, 5.74) is 7.26. The fraction of sp³-hybridized carbons (Fsp3) is 0.312. The number of para-hydroxylation sites is 1. The smallest absolute Gasteiger partial charge is 0.317 e. The molecule has 3 rings (SSSR count). The van der Waals surface area contributed by atoms with Crippen LogP contribution in [0.1, 0.15) is 12.0 Å². The van der Waals surface area contributed by atoms with Gasteiger partial charge < -0.3 is 20.5 Å². The van der Waals surface area contributed by atoms with Crippen LogP contribution in [0.15, 0.2) is 43.0 Å². The van der Waals surface area contributed by atoms with Crippen molar-refractivity contribution in [3.63, 3.8) is 0 Å². The number of aromatic nitrogens is 2. The molecule has 0 spiro atoms. The monoisotopic (exact) mass is 313 g/mol. The molecule has 0 bridgehead atoms. The summed E-state index contributed by atoms with van der Waals surface area (Å²) in [4.78, 5) is 29.1. The molecule has 1 atom stereocenters. The second-order valence-electron chi connectivity index (χ2n) is 5.59. The Hall–Kier alpha value is -2.83. The van der Waals surface area contributed by atoms with E-state index in [0.717, 1.165) is 11.3 Å². The van der Waals surface area contributed by atoms with E-state index in [-0.39, 0.29) is 17.9 Å². The second-order valence-corrected chi connectivity index (χ2v) is 5.59. The molecule has 1 aliphatic heterocycles. The van der Waals surface area contributed by atoms with Crippen molar-refractivity contribution < 1.29 is 9.59 Å². The summed E-state index contributed by atoms with van der Waals surface area (Å²) >= 11 is 0. The maximum atomic E-state index is 12.2. The van der Waals surface area contributed by atoms with Gasteiger partial charge in [0.2, 0.25) is 5.91 Å². The Morgan fingerprint density at radius 2 is 2.17 bits per heavy atom. The Bertz CT molecular complexity index is 698. The number of nitrogens with one attached hydrogen (secondary N) is 1. The Kier molecular flexibility index (Phi) is 4.27. The highest BCUT2D eigenvalue weighted by atomic mass is 16.2. The lowest BCUT2D eigenvalue weighted by Crippen LogP contribution is -2.39. The molecule has 1 fully saturated rings. The van der Waals surface area contributed by atoms with Crippen LogP contribution in [0.25, 0.3) is 5.69 Å². The fourth-order valence-corrected chi connectivity index (χ4v) is 2.77. The normalized spacial score (nSPS) is 17.2. The van der Waals surface area contributed by atoms with E-state index in [2.05, 4.69) is 10.3 Å². The number of nitrogens with zero attached hydrogens (tertiary/aromatic N) is 3. The van der Waals surface area contributed by atoms with Crippen LogP contribution in [0.5, 0.6) is 0 Å². The summed E-state index contributed by atoms with van der Waals surface area (Å²) in [7, 11) is 0. The Morgan fingerprint density at radius 3 is 2.87 bits per heavy atom. The van der Waals surface area contributed by atoms with Gasteiger partial charge in [0, 0.05) is 32.0 Å². The summed E-state index contributed by atoms with van der Waals surface area (Å²) in [6.45, 7) is 1.36. The minimum absolute atomic E-state index is 0.172. The molecule has 0 aliphatic carbocycles. The van der Waals surface area contributed by atoms with Crippen molar-refractivity contribution in [3.05, 3.63) is 48.5 Å². The fourth-order valence-electron chi connectivity index (χ4n) is 2.77. The van der Waals surface area contributed by atoms with Crippen molar-refractivity contribution in [2.45, 2.75) is 13.0 Å². The predicted molar refractivity (Wildman–Crippen MR) is 84.7 cm³/mol. The quantitative estimate of drug-likeness (QED) is 0.878. The minimum atomic E-state index is -0.342. The summed E-state index contributed by atoms with van der Waals surface area (Å²) in [5.74, 6) is -0.579. The van der Waals surface area contributed by atoms with Gasteiger partial charge in [-0.1, -0.05) is 18.2 Å². The third-order valence-electron chi connectivity index (χ3n) is 4.08. The van der Waals surface area contributed by atoms with E-state index in [1.165, 1.54) is 0 Å². The van der Waals surface area contributed by atoms with E-state index in [0.29, 0.717) is 26.1 Å². The van der Waals surface area contributed by atoms with E-state index in [9.17, 15) is 9.59 Å². The Labute approximate surface area is 134 Å². The highest BCUT2D eigenvalue weighted by molar-refractivity contribution is 5.80. The van der Waals surface area contributed by atoms with Crippen molar-refractivity contribution in [2.24, 2.45) is 11.7 Å². The number of primary amides is 1. The first-order chi connectivity index (χ1) is 11.1. The summed E-state index contributed by atoms with van der Waals surface area (Å²) in [6.07, 6.45) is 5.93. The lowest BCUT2D eigenvalue weighted by atomic mass is 10.1. The van der Waals surface area contributed by atoms with Crippen molar-refractivity contribution in [1.82, 2.24) is 19.8 Å². The van der Waals surface area contributed by atoms with Crippen LogP contribution in [-0.2, 0) is 11.3 Å². The van der Waals surface area contributed by atoms with Gasteiger partial charge in [-0.2, -0.15) is 0 Å². The molecule has 0 radical (unpaired) electrons. The first-order valence-corrected chi connectivity index (χ1v) is 7.53. The lowest BCUT2D eigenvalue weighted by Gasteiger charge is -2.18. The summed E-state index contributed by atoms with van der Waals surface area (Å²) < 4.78 is 1.90. The molecule has 1 aliphatic rings. The van der Waals surface area contributed by atoms with Gasteiger partial charge in [0.15, 0.2) is 0 Å². The number of hydrogen-bond donors (Lipinski definition) is 2. The van der Waals surface area contributed by atoms with Gasteiger partial charge in [-0.15, -0.1) is 0 Å². The van der Waals surface area contributed by atoms with Crippen molar-refractivity contribution in [2.75, 3.05) is 13.1 Å². The van der Waals surface area contributed by atoms with E-state index in [1.54, 1.807) is 17.4 Å². The van der Waals surface area contributed by atoms with Crippen LogP contribution in [0, 0.1) is 5.92 Å². The molecule has 23 heavy (non-hydrogen) atoms. The van der Waals surface area contributed by atoms with E-state index >= 15 is 0 Å². The largest absolute Gasteiger partial charge is 0.369 e. The molecule has 120 valence electrons. The van der Waals surface area contributed by atoms with Gasteiger partial charge in [0.05, 0.1) is 17.9 Å². The van der Waals surface area contributed by atoms with E-state index in [1.807, 2.05) is 35.0 Å². The Balaban J connectivity index is 1.63. The van der Waals surface area contributed by atoms with E-state index in [4.69, 9.17) is 5.73 Å². The lowest BCUT2D eigenvalue weighted by molar-refractivity contribution is -0.121. The van der Waals surface area contributed by atoms with Gasteiger partial charge in [-0.25, -0.2) is 9.78 Å². The van der Waals surface area contributed by atoms with E-state index < -0.39 is 0 Å². The molecular weight excluding hydrogens is 294 g/mol. The van der Waals surface area contributed by atoms with Crippen LogP contribution < -0.4 is 11.1 Å². The SMILES string of the molecule is NC(=O)[C@@H]1CCN(C(=O)NCc2ccccc2-n2ccnc2)C1. The minimum Gasteiger partial charge on any atom is -0.369 e. The molecule has 2 aromatic rings. The number of carbonyl (C=O) groups excluding carboxylic acids is 2. The van der Waals surface area contributed by atoms with Gasteiger partial charge >= 0.3 is 6.03 Å². The number of rotatable bonds is 4. The van der Waals surface area contributed by atoms with Gasteiger partial charge in [0.25, 0.3) is 0 Å². The zero-order valence-electron chi connectivity index (χ0n) is 12.7. The van der Waals surface area contributed by atoms with Crippen LogP contribution in [0.4, 0.5) is 4.79 Å². The zero-order chi connectivity index (χ0) is 16.2. The highest BCUT2D eigenvalue weighted by Crippen LogP contribution is 2.17. The molecule has 0 unspecified atom stereocenters. The van der Waals surface area contributed by atoms with Crippen LogP contribution in [-0.4, -0.2) is 39.5 Å². The van der Waals surface area contributed by atoms with Gasteiger partial charge in [-0.05, 0) is 18.1 Å². The predicted octanol–water partition coefficient (Wildman–Crippen LogP) is 0.889. The number of amides is 3. The number of nitrogens with two attached hydrogens (primary N) is 1. The maximum absolute atomic E-state index is 12.2. The molecule has 7 heteroatoms. The zero-order valence-corrected chi connectivity index (χ0v) is 12.7. The standard InChI is InChI=1S/C16H19N5O2/c17-15(22)13-5-7-20(10-13)16(23)19-9-12-3-1-2-4-14(12)21-8-6-18-11-21/h1-4,6,8,11,13H,5,7,9-10H2,(H2,17,22)(H,19,23)/t13-/m1/s1. The third kappa shape index (κ3) is 3.33. The van der Waals surface area contributed by atoms with Gasteiger partial charge in [0.1, 0.15) is 0 Å². The number of imidazole rings is 1. The maximum Gasteiger partial charge on any atom is 0.317 e. The molecule has 1 aromatic carbocycles. The summed E-state index contributed by atoms with van der Waals surface area (Å²) in [6, 6.07) is 7.64. The van der Waals surface area contributed by atoms with Gasteiger partial charge in [-0.3, -0.25) is 4.79 Å². The number of urea groups is 1. The molecule has 0 saturated carbocycles. The number of carbonyl (C=O) groups is 2. The first kappa shape index (κ1) is 15.1. The number of hydrogen-bond acceptors (Lipinski definition) is 3. The third-order valence-corrected chi connectivity index (χ3v) is 4.08. The van der Waals surface area contributed by atoms with Crippen molar-refractivity contribution in [1.29, 1.82) is 0 Å². The van der Waals surface area contributed by atoms with Crippen molar-refractivity contribution in [3.8, 4) is 5.69 Å². The molecule has 7 nitrogen and oxygen atoms in total. The Morgan fingerprint density at radius 1 is 1.35 bits per heavy atom. The first-order valence-electron chi connectivity index (χ1n) is 7.53. The average molecular weight is 313 g/mol.